The van der Waals surface area contributed by atoms with E-state index in [0.717, 1.165) is 49.9 Å². The summed E-state index contributed by atoms with van der Waals surface area (Å²) in [4.78, 5) is 13.2. The normalized spacial score (nSPS) is 14.4. The molecule has 2 aliphatic carbocycles. The van der Waals surface area contributed by atoms with Crippen LogP contribution in [-0.2, 0) is 0 Å². The molecule has 29 heavy (non-hydrogen) atoms. The zero-order valence-electron chi connectivity index (χ0n) is 15.6. The molecule has 0 amide bonds. The molecular weight excluding hydrogens is 380 g/mol. The minimum absolute atomic E-state index is 0.319. The van der Waals surface area contributed by atoms with Crippen LogP contribution in [0.1, 0.15) is 34.7 Å². The van der Waals surface area contributed by atoms with E-state index in [2.05, 4.69) is 31.2 Å². The molecule has 0 bridgehead atoms. The predicted molar refractivity (Wildman–Crippen MR) is 119 cm³/mol. The van der Waals surface area contributed by atoms with Gasteiger partial charge in [-0.05, 0) is 52.5 Å². The minimum atomic E-state index is -0.319. The molecule has 4 aromatic rings. The first-order chi connectivity index (χ1) is 14.1. The van der Waals surface area contributed by atoms with Crippen molar-refractivity contribution in [1.82, 2.24) is 0 Å². The van der Waals surface area contributed by atoms with Gasteiger partial charge in [0.15, 0.2) is 0 Å². The molecule has 0 radical (unpaired) electrons. The molecule has 2 nitrogen and oxygen atoms in total. The van der Waals surface area contributed by atoms with Gasteiger partial charge in [0.25, 0.3) is 0 Å². The van der Waals surface area contributed by atoms with Crippen LogP contribution in [0.15, 0.2) is 82.0 Å². The van der Waals surface area contributed by atoms with Crippen LogP contribution in [0.2, 0.25) is 5.02 Å². The molecule has 0 N–H and O–H groups in total. The van der Waals surface area contributed by atoms with Crippen molar-refractivity contribution < 1.29 is 4.42 Å². The molecule has 0 unspecified atom stereocenters. The maximum Gasteiger partial charge on any atom is 0.344 e. The summed E-state index contributed by atoms with van der Waals surface area (Å²) in [7, 11) is 0. The van der Waals surface area contributed by atoms with Crippen molar-refractivity contribution in [2.45, 2.75) is 6.92 Å². The lowest BCUT2D eigenvalue weighted by atomic mass is 9.93. The fourth-order valence-electron chi connectivity index (χ4n) is 4.77. The summed E-state index contributed by atoms with van der Waals surface area (Å²) in [6, 6.07) is 24.1. The van der Waals surface area contributed by atoms with Crippen LogP contribution >= 0.6 is 11.6 Å². The van der Waals surface area contributed by atoms with Crippen LogP contribution in [0.4, 0.5) is 0 Å². The fourth-order valence-corrected chi connectivity index (χ4v) is 4.94. The second-order valence-corrected chi connectivity index (χ2v) is 7.88. The molecule has 1 aromatic heterocycles. The predicted octanol–water partition coefficient (Wildman–Crippen LogP) is 6.66. The van der Waals surface area contributed by atoms with Gasteiger partial charge in [0, 0.05) is 27.6 Å². The summed E-state index contributed by atoms with van der Waals surface area (Å²) in [5.41, 5.74) is 9.55. The lowest BCUT2D eigenvalue weighted by Crippen LogP contribution is -2.08. The number of fused-ring (bicyclic) bond motifs is 7. The fraction of sp³-hybridized carbons (Fsp3) is 0.0385. The Labute approximate surface area is 172 Å². The average Bonchev–Trinajstić information content (AvgIpc) is 3.22. The highest BCUT2D eigenvalue weighted by atomic mass is 35.5. The smallest absolute Gasteiger partial charge is 0.344 e. The van der Waals surface area contributed by atoms with Crippen molar-refractivity contribution in [2.75, 3.05) is 0 Å². The van der Waals surface area contributed by atoms with Crippen LogP contribution in [-0.4, -0.2) is 0 Å². The van der Waals surface area contributed by atoms with Gasteiger partial charge in [-0.15, -0.1) is 0 Å². The highest BCUT2D eigenvalue weighted by Gasteiger charge is 2.38. The molecule has 0 saturated carbocycles. The van der Waals surface area contributed by atoms with E-state index in [9.17, 15) is 4.79 Å². The number of rotatable bonds is 1. The Morgan fingerprint density at radius 2 is 1.45 bits per heavy atom. The lowest BCUT2D eigenvalue weighted by molar-refractivity contribution is 0.558. The number of allylic oxidation sites excluding steroid dienone is 3. The van der Waals surface area contributed by atoms with E-state index in [-0.39, 0.29) is 5.63 Å². The zero-order chi connectivity index (χ0) is 19.7. The van der Waals surface area contributed by atoms with Crippen LogP contribution in [0.3, 0.4) is 0 Å². The van der Waals surface area contributed by atoms with Gasteiger partial charge >= 0.3 is 5.63 Å². The van der Waals surface area contributed by atoms with E-state index in [1.807, 2.05) is 42.5 Å². The van der Waals surface area contributed by atoms with Gasteiger partial charge in [-0.2, -0.15) is 0 Å². The summed E-state index contributed by atoms with van der Waals surface area (Å²) < 4.78 is 5.72. The number of hydrogen-bond acceptors (Lipinski definition) is 2. The standard InChI is InChI=1S/C26H15ClO2/c1-14-21-17-9-5-6-10-18(17)23(15-7-3-2-4-8-15)24(21)25-22(14)19-12-11-16(27)13-20(19)29-26(25)28/h2-13H,1H3. The third kappa shape index (κ3) is 2.15. The second-order valence-electron chi connectivity index (χ2n) is 7.44. The van der Waals surface area contributed by atoms with E-state index in [1.54, 1.807) is 6.07 Å². The van der Waals surface area contributed by atoms with Crippen LogP contribution in [0.25, 0.3) is 33.3 Å². The summed E-state index contributed by atoms with van der Waals surface area (Å²) >= 11 is 6.14. The molecule has 0 atom stereocenters. The molecule has 0 aliphatic heterocycles. The van der Waals surface area contributed by atoms with Crippen LogP contribution in [0, 0.1) is 0 Å². The summed E-state index contributed by atoms with van der Waals surface area (Å²) in [6.45, 7) is 2.10. The van der Waals surface area contributed by atoms with Crippen molar-refractivity contribution in [1.29, 1.82) is 0 Å². The van der Waals surface area contributed by atoms with Crippen LogP contribution < -0.4 is 5.63 Å². The Morgan fingerprint density at radius 1 is 0.759 bits per heavy atom. The Balaban J connectivity index is 1.82. The van der Waals surface area contributed by atoms with Gasteiger partial charge < -0.3 is 4.42 Å². The third-order valence-corrected chi connectivity index (χ3v) is 6.13. The van der Waals surface area contributed by atoms with E-state index < -0.39 is 0 Å². The van der Waals surface area contributed by atoms with Crippen molar-refractivity contribution in [3.8, 4) is 0 Å². The highest BCUT2D eigenvalue weighted by molar-refractivity contribution is 6.35. The maximum absolute atomic E-state index is 13.2. The van der Waals surface area contributed by atoms with Crippen molar-refractivity contribution >= 4 is 44.9 Å². The van der Waals surface area contributed by atoms with Gasteiger partial charge in [-0.25, -0.2) is 4.79 Å². The molecule has 2 aliphatic rings. The number of halogens is 1. The van der Waals surface area contributed by atoms with Gasteiger partial charge in [0.2, 0.25) is 0 Å². The first-order valence-corrected chi connectivity index (χ1v) is 9.91. The van der Waals surface area contributed by atoms with Gasteiger partial charge in [-0.3, -0.25) is 0 Å². The molecule has 0 spiro atoms. The quantitative estimate of drug-likeness (QED) is 0.338. The van der Waals surface area contributed by atoms with Crippen LogP contribution in [0.5, 0.6) is 0 Å². The second kappa shape index (κ2) is 5.82. The topological polar surface area (TPSA) is 30.2 Å². The van der Waals surface area contributed by atoms with Crippen molar-refractivity contribution in [3.63, 3.8) is 0 Å². The molecule has 1 heterocycles. The summed E-state index contributed by atoms with van der Waals surface area (Å²) in [6.07, 6.45) is 0. The van der Waals surface area contributed by atoms with Crippen molar-refractivity contribution in [2.24, 2.45) is 0 Å². The Hall–Kier alpha value is -3.36. The summed E-state index contributed by atoms with van der Waals surface area (Å²) in [5.74, 6) is 0. The highest BCUT2D eigenvalue weighted by Crippen LogP contribution is 2.56. The SMILES string of the molecule is CC1=C2C(=C(c3ccccc3)c3ccccc32)c2c1c1ccc(Cl)cc1oc2=O. The molecule has 138 valence electrons. The van der Waals surface area contributed by atoms with Gasteiger partial charge in [-0.1, -0.05) is 66.2 Å². The molecule has 3 heteroatoms. The first-order valence-electron chi connectivity index (χ1n) is 9.53. The first kappa shape index (κ1) is 16.6. The molecule has 3 aromatic carbocycles. The zero-order valence-corrected chi connectivity index (χ0v) is 16.4. The lowest BCUT2D eigenvalue weighted by Gasteiger charge is -2.11. The van der Waals surface area contributed by atoms with Gasteiger partial charge in [0.05, 0.1) is 5.56 Å². The monoisotopic (exact) mass is 394 g/mol. The molecule has 6 rings (SSSR count). The Bertz CT molecular complexity index is 1470. The van der Waals surface area contributed by atoms with Gasteiger partial charge in [0.1, 0.15) is 5.58 Å². The van der Waals surface area contributed by atoms with E-state index in [4.69, 9.17) is 16.0 Å². The number of hydrogen-bond donors (Lipinski definition) is 0. The summed E-state index contributed by atoms with van der Waals surface area (Å²) in [5, 5.41) is 1.47. The van der Waals surface area contributed by atoms with E-state index >= 15 is 0 Å². The number of benzene rings is 3. The average molecular weight is 395 g/mol. The van der Waals surface area contributed by atoms with E-state index in [1.165, 1.54) is 0 Å². The minimum Gasteiger partial charge on any atom is -0.422 e. The third-order valence-electron chi connectivity index (χ3n) is 5.90. The molecule has 0 saturated heterocycles. The van der Waals surface area contributed by atoms with Crippen molar-refractivity contribution in [3.05, 3.63) is 116 Å². The Kier molecular flexibility index (Phi) is 3.33. The molecular formula is C26H15ClO2. The van der Waals surface area contributed by atoms with E-state index in [0.29, 0.717) is 16.2 Å². The largest absolute Gasteiger partial charge is 0.422 e. The molecule has 0 fully saturated rings. The Morgan fingerprint density at radius 3 is 2.21 bits per heavy atom. The maximum atomic E-state index is 13.2.